The van der Waals surface area contributed by atoms with Crippen LogP contribution in [0.5, 0.6) is 5.75 Å². The summed E-state index contributed by atoms with van der Waals surface area (Å²) in [6.07, 6.45) is 3.06. The Balaban J connectivity index is 1.33. The van der Waals surface area contributed by atoms with Crippen LogP contribution in [0.25, 0.3) is 0 Å². The number of non-ortho nitro benzene ring substituents is 1. The number of rotatable bonds is 12. The summed E-state index contributed by atoms with van der Waals surface area (Å²) in [7, 11) is 0. The summed E-state index contributed by atoms with van der Waals surface area (Å²) in [6, 6.07) is 10.7. The fourth-order valence-corrected chi connectivity index (χ4v) is 6.33. The van der Waals surface area contributed by atoms with E-state index < -0.39 is 51.7 Å². The van der Waals surface area contributed by atoms with Gasteiger partial charge in [0.15, 0.2) is 0 Å². The Morgan fingerprint density at radius 1 is 0.964 bits per heavy atom. The number of anilines is 2. The molecule has 2 heterocycles. The summed E-state index contributed by atoms with van der Waals surface area (Å²) in [6.45, 7) is 17.6. The molecule has 1 N–H and O–H groups in total. The zero-order valence-electron chi connectivity index (χ0n) is 33.7. The van der Waals surface area contributed by atoms with E-state index in [-0.39, 0.29) is 17.4 Å². The van der Waals surface area contributed by atoms with E-state index in [1.54, 1.807) is 12.3 Å². The van der Waals surface area contributed by atoms with Crippen LogP contribution in [0.3, 0.4) is 0 Å². The molecule has 0 aliphatic heterocycles. The first-order chi connectivity index (χ1) is 26.1. The second-order valence-corrected chi connectivity index (χ2v) is 17.2. The van der Waals surface area contributed by atoms with Gasteiger partial charge in [-0.2, -0.15) is 5.10 Å². The number of nitro groups is 1. The highest BCUT2D eigenvalue weighted by Crippen LogP contribution is 2.49. The highest BCUT2D eigenvalue weighted by molar-refractivity contribution is 5.95. The Hall–Kier alpha value is -5.25. The number of ether oxygens (including phenoxy) is 5. The zero-order chi connectivity index (χ0) is 41.1. The molecule has 2 aliphatic carbocycles. The van der Waals surface area contributed by atoms with Gasteiger partial charge in [-0.3, -0.25) is 15.1 Å². The third kappa shape index (κ3) is 11.2. The third-order valence-corrected chi connectivity index (χ3v) is 9.00. The quantitative estimate of drug-likeness (QED) is 0.0461. The predicted octanol–water partition coefficient (Wildman–Crippen LogP) is 8.79. The van der Waals surface area contributed by atoms with E-state index in [1.165, 1.54) is 29.2 Å². The van der Waals surface area contributed by atoms with Gasteiger partial charge >= 0.3 is 18.3 Å². The van der Waals surface area contributed by atoms with Crippen molar-refractivity contribution in [2.45, 2.75) is 135 Å². The molecule has 0 bridgehead atoms. The Kier molecular flexibility index (Phi) is 12.3. The number of pyridine rings is 1. The molecule has 0 radical (unpaired) electrons. The van der Waals surface area contributed by atoms with E-state index in [9.17, 15) is 24.5 Å². The van der Waals surface area contributed by atoms with Gasteiger partial charge in [-0.15, -0.1) is 0 Å². The minimum Gasteiger partial charge on any atom is -0.444 e. The summed E-state index contributed by atoms with van der Waals surface area (Å²) in [5, 5.41) is 18.7. The van der Waals surface area contributed by atoms with Crippen molar-refractivity contribution in [2.75, 3.05) is 18.1 Å². The van der Waals surface area contributed by atoms with Crippen LogP contribution in [0, 0.1) is 10.1 Å². The first-order valence-corrected chi connectivity index (χ1v) is 19.0. The Bertz CT molecular complexity index is 1890. The summed E-state index contributed by atoms with van der Waals surface area (Å²) in [5.41, 5.74) is -0.722. The molecule has 5 rings (SSSR count). The lowest BCUT2D eigenvalue weighted by molar-refractivity contribution is -0.384. The fourth-order valence-electron chi connectivity index (χ4n) is 6.33. The van der Waals surface area contributed by atoms with E-state index in [0.717, 1.165) is 18.5 Å². The Morgan fingerprint density at radius 2 is 1.64 bits per heavy atom. The maximum absolute atomic E-state index is 14.2. The lowest BCUT2D eigenvalue weighted by atomic mass is 10.0. The molecule has 1 aromatic carbocycles. The first-order valence-electron chi connectivity index (χ1n) is 19.0. The number of carbonyl (C=O) groups is 3. The highest BCUT2D eigenvalue weighted by atomic mass is 16.7. The molecule has 2 aliphatic rings. The van der Waals surface area contributed by atoms with Crippen LogP contribution >= 0.6 is 0 Å². The van der Waals surface area contributed by atoms with Crippen LogP contribution in [0.2, 0.25) is 0 Å². The fraction of sp³-hybridized carbons (Fsp3) is 0.575. The molecule has 2 aromatic heterocycles. The van der Waals surface area contributed by atoms with E-state index in [1.807, 2.05) is 79.1 Å². The summed E-state index contributed by atoms with van der Waals surface area (Å²) < 4.78 is 30.3. The molecule has 3 aromatic rings. The molecule has 2 atom stereocenters. The molecule has 16 nitrogen and oxygen atoms in total. The number of nitro benzene ring substituents is 1. The largest absolute Gasteiger partial charge is 0.514 e. The van der Waals surface area contributed by atoms with Gasteiger partial charge in [0, 0.05) is 43.5 Å². The number of benzene rings is 1. The Morgan fingerprint density at radius 3 is 2.25 bits per heavy atom. The van der Waals surface area contributed by atoms with Gasteiger partial charge in [-0.05, 0) is 125 Å². The minimum atomic E-state index is -0.898. The van der Waals surface area contributed by atoms with Gasteiger partial charge in [-0.25, -0.2) is 24.0 Å². The van der Waals surface area contributed by atoms with Crippen molar-refractivity contribution in [3.05, 3.63) is 70.2 Å². The van der Waals surface area contributed by atoms with Crippen molar-refractivity contribution < 1.29 is 43.0 Å². The van der Waals surface area contributed by atoms with Gasteiger partial charge in [0.2, 0.25) is 0 Å². The molecule has 0 unspecified atom stereocenters. The van der Waals surface area contributed by atoms with Crippen molar-refractivity contribution >= 4 is 35.5 Å². The normalized spacial score (nSPS) is 17.8. The molecule has 0 spiro atoms. The highest BCUT2D eigenvalue weighted by Gasteiger charge is 2.47. The molecular formula is C40H54N6O10. The van der Waals surface area contributed by atoms with Gasteiger partial charge in [-0.1, -0.05) is 0 Å². The number of hydrogen-bond donors (Lipinski definition) is 1. The SMILES string of the molecule is CC(C)(C)OC(=O)NCCCOC1(c2cc(N(C(=O)OC(C)(C)C)c3cc([C@H]4CC[C@@H](OC(=O)Oc5ccc([N+](=O)[O-])cc5)C4)nn3C(C)(C)C)ccn2)CC1. The van der Waals surface area contributed by atoms with Crippen molar-refractivity contribution in [1.82, 2.24) is 20.1 Å². The van der Waals surface area contributed by atoms with Crippen LogP contribution in [0.1, 0.15) is 118 Å². The number of nitrogens with zero attached hydrogens (tertiary/aromatic N) is 5. The topological polar surface area (TPSA) is 186 Å². The van der Waals surface area contributed by atoms with Gasteiger partial charge < -0.3 is 29.0 Å². The smallest absolute Gasteiger partial charge is 0.444 e. The number of alkyl carbamates (subject to hydrolysis) is 1. The maximum Gasteiger partial charge on any atom is 0.514 e. The summed E-state index contributed by atoms with van der Waals surface area (Å²) >= 11 is 0. The van der Waals surface area contributed by atoms with Gasteiger partial charge in [0.1, 0.15) is 34.5 Å². The number of carbonyl (C=O) groups excluding carboxylic acids is 3. The number of amides is 2. The van der Waals surface area contributed by atoms with Crippen molar-refractivity contribution in [2.24, 2.45) is 0 Å². The molecule has 0 saturated heterocycles. The van der Waals surface area contributed by atoms with E-state index in [2.05, 4.69) is 10.3 Å². The average molecular weight is 779 g/mol. The van der Waals surface area contributed by atoms with Crippen LogP contribution in [-0.4, -0.2) is 68.5 Å². The second-order valence-electron chi connectivity index (χ2n) is 17.2. The molecule has 304 valence electrons. The van der Waals surface area contributed by atoms with Crippen LogP contribution in [-0.2, 0) is 30.1 Å². The molecule has 56 heavy (non-hydrogen) atoms. The third-order valence-electron chi connectivity index (χ3n) is 9.00. The van der Waals surface area contributed by atoms with Crippen LogP contribution in [0.15, 0.2) is 48.7 Å². The molecule has 16 heteroatoms. The molecule has 2 saturated carbocycles. The number of hydrogen-bond acceptors (Lipinski definition) is 12. The zero-order valence-corrected chi connectivity index (χ0v) is 33.7. The van der Waals surface area contributed by atoms with Crippen molar-refractivity contribution in [3.63, 3.8) is 0 Å². The van der Waals surface area contributed by atoms with Crippen molar-refractivity contribution in [3.8, 4) is 5.75 Å². The van der Waals surface area contributed by atoms with E-state index >= 15 is 0 Å². The average Bonchev–Trinajstić information content (AvgIpc) is 3.49. The number of nitrogens with one attached hydrogen (secondary N) is 1. The first kappa shape index (κ1) is 41.9. The maximum atomic E-state index is 14.2. The summed E-state index contributed by atoms with van der Waals surface area (Å²) in [4.78, 5) is 55.4. The minimum absolute atomic E-state index is 0.0871. The van der Waals surface area contributed by atoms with Crippen molar-refractivity contribution in [1.29, 1.82) is 0 Å². The predicted molar refractivity (Wildman–Crippen MR) is 206 cm³/mol. The van der Waals surface area contributed by atoms with Gasteiger partial charge in [0.25, 0.3) is 5.69 Å². The standard InChI is InChI=1S/C40H54N6O10/c1-37(2,3)45-33(25-31(43-45)26-11-14-30(23-26)54-36(49)53-29-15-12-27(13-16-29)46(50)51)44(35(48)56-39(7,8)9)28-17-21-41-32(24-28)40(18-19-40)52-22-10-20-42-34(47)55-38(4,5)6/h12-13,15-17,21,24-26,30H,10-11,14,18-20,22-23H2,1-9H3,(H,42,47)/t26-,30+/m0/s1. The van der Waals surface area contributed by atoms with Crippen LogP contribution < -0.4 is 15.0 Å². The monoisotopic (exact) mass is 778 g/mol. The molecule has 2 fully saturated rings. The van der Waals surface area contributed by atoms with Crippen LogP contribution in [0.4, 0.5) is 31.6 Å². The number of aromatic nitrogens is 3. The molecular weight excluding hydrogens is 724 g/mol. The lowest BCUT2D eigenvalue weighted by Gasteiger charge is -2.31. The van der Waals surface area contributed by atoms with E-state index in [4.69, 9.17) is 28.8 Å². The Labute approximate surface area is 327 Å². The lowest BCUT2D eigenvalue weighted by Crippen LogP contribution is -2.37. The second kappa shape index (κ2) is 16.5. The summed E-state index contributed by atoms with van der Waals surface area (Å²) in [5.74, 6) is 0.549. The van der Waals surface area contributed by atoms with Gasteiger partial charge in [0.05, 0.1) is 27.5 Å². The van der Waals surface area contributed by atoms with E-state index in [0.29, 0.717) is 56.0 Å². The molecule has 2 amide bonds.